The lowest BCUT2D eigenvalue weighted by Crippen LogP contribution is -2.36. The van der Waals surface area contributed by atoms with E-state index < -0.39 is 0 Å². The molecule has 1 rings (SSSR count). The molecule has 6 heteroatoms. The minimum Gasteiger partial charge on any atom is -0.355 e. The predicted octanol–water partition coefficient (Wildman–Crippen LogP) is 1.71. The van der Waals surface area contributed by atoms with Gasteiger partial charge >= 0.3 is 0 Å². The molecule has 1 amide bonds. The Bertz CT molecular complexity index is 436. The van der Waals surface area contributed by atoms with Crippen LogP contribution >= 0.6 is 11.6 Å². The van der Waals surface area contributed by atoms with Gasteiger partial charge in [0, 0.05) is 19.2 Å². The van der Waals surface area contributed by atoms with E-state index >= 15 is 0 Å². The van der Waals surface area contributed by atoms with Crippen molar-refractivity contribution in [2.24, 2.45) is 0 Å². The van der Waals surface area contributed by atoms with E-state index in [4.69, 9.17) is 11.6 Å². The van der Waals surface area contributed by atoms with E-state index in [9.17, 15) is 4.79 Å². The molecule has 0 unspecified atom stereocenters. The first kappa shape index (κ1) is 14.7. The number of rotatable bonds is 5. The summed E-state index contributed by atoms with van der Waals surface area (Å²) >= 11 is 6.01. The van der Waals surface area contributed by atoms with Crippen molar-refractivity contribution in [3.63, 3.8) is 0 Å². The Morgan fingerprint density at radius 1 is 1.39 bits per heavy atom. The fraction of sp³-hybridized carbons (Fsp3) is 0.583. The smallest absolute Gasteiger partial charge is 0.239 e. The zero-order valence-corrected chi connectivity index (χ0v) is 12.0. The van der Waals surface area contributed by atoms with Gasteiger partial charge in [0.1, 0.15) is 16.8 Å². The number of halogens is 1. The number of likely N-dealkylation sites (N-methyl/N-ethyl adjacent to an activating group) is 1. The quantitative estimate of drug-likeness (QED) is 0.828. The molecule has 0 aliphatic carbocycles. The zero-order chi connectivity index (χ0) is 13.7. The maximum Gasteiger partial charge on any atom is 0.239 e. The maximum absolute atomic E-state index is 11.6. The monoisotopic (exact) mass is 270 g/mol. The molecule has 0 saturated heterocycles. The third-order valence-electron chi connectivity index (χ3n) is 2.49. The third kappa shape index (κ3) is 3.84. The van der Waals surface area contributed by atoms with E-state index in [1.807, 2.05) is 20.9 Å². The predicted molar refractivity (Wildman–Crippen MR) is 73.1 cm³/mol. The van der Waals surface area contributed by atoms with Crippen LogP contribution in [-0.2, 0) is 4.79 Å². The van der Waals surface area contributed by atoms with E-state index in [1.165, 1.54) is 0 Å². The number of carbonyl (C=O) groups excluding carboxylic acids is 1. The number of amides is 1. The van der Waals surface area contributed by atoms with Crippen LogP contribution in [0.15, 0.2) is 0 Å². The summed E-state index contributed by atoms with van der Waals surface area (Å²) < 4.78 is 0. The second kappa shape index (κ2) is 6.54. The van der Waals surface area contributed by atoms with Gasteiger partial charge in [0.25, 0.3) is 0 Å². The Morgan fingerprint density at radius 3 is 2.67 bits per heavy atom. The number of hydrogen-bond acceptors (Lipinski definition) is 4. The average molecular weight is 271 g/mol. The van der Waals surface area contributed by atoms with Gasteiger partial charge in [-0.05, 0) is 20.3 Å². The second-order valence-electron chi connectivity index (χ2n) is 4.22. The molecule has 1 aromatic rings. The van der Waals surface area contributed by atoms with Crippen molar-refractivity contribution in [1.82, 2.24) is 15.3 Å². The summed E-state index contributed by atoms with van der Waals surface area (Å²) in [5, 5.41) is 3.25. The van der Waals surface area contributed by atoms with Crippen molar-refractivity contribution in [2.45, 2.75) is 27.2 Å². The SMILES string of the molecule is CCCNC(=O)CN(C)c1nc(C)nc(Cl)c1C. The average Bonchev–Trinajstić information content (AvgIpc) is 2.30. The van der Waals surface area contributed by atoms with Gasteiger partial charge in [0.2, 0.25) is 5.91 Å². The summed E-state index contributed by atoms with van der Waals surface area (Å²) in [7, 11) is 1.82. The lowest BCUT2D eigenvalue weighted by molar-refractivity contribution is -0.119. The van der Waals surface area contributed by atoms with Gasteiger partial charge in [-0.15, -0.1) is 0 Å². The number of carbonyl (C=O) groups is 1. The van der Waals surface area contributed by atoms with Gasteiger partial charge in [-0.1, -0.05) is 18.5 Å². The molecular formula is C12H19ClN4O. The van der Waals surface area contributed by atoms with Gasteiger partial charge < -0.3 is 10.2 Å². The summed E-state index contributed by atoms with van der Waals surface area (Å²) in [6.45, 7) is 6.59. The molecule has 0 aliphatic rings. The minimum absolute atomic E-state index is 0.0221. The lowest BCUT2D eigenvalue weighted by Gasteiger charge is -2.20. The molecule has 1 N–H and O–H groups in total. The summed E-state index contributed by atoms with van der Waals surface area (Å²) in [5.74, 6) is 1.27. The van der Waals surface area contributed by atoms with Crippen molar-refractivity contribution < 1.29 is 4.79 Å². The number of anilines is 1. The number of aryl methyl sites for hydroxylation is 1. The molecule has 0 aromatic carbocycles. The molecule has 1 heterocycles. The van der Waals surface area contributed by atoms with Gasteiger partial charge in [0.05, 0.1) is 6.54 Å². The van der Waals surface area contributed by atoms with Crippen LogP contribution in [0, 0.1) is 13.8 Å². The number of nitrogens with one attached hydrogen (secondary N) is 1. The fourth-order valence-electron chi connectivity index (χ4n) is 1.56. The molecule has 0 bridgehead atoms. The molecule has 0 saturated carbocycles. The molecule has 0 aliphatic heterocycles. The molecule has 5 nitrogen and oxygen atoms in total. The molecule has 100 valence electrons. The summed E-state index contributed by atoms with van der Waals surface area (Å²) in [4.78, 5) is 21.8. The summed E-state index contributed by atoms with van der Waals surface area (Å²) in [5.41, 5.74) is 0.785. The summed E-state index contributed by atoms with van der Waals surface area (Å²) in [6.07, 6.45) is 0.924. The van der Waals surface area contributed by atoms with Crippen molar-refractivity contribution in [3.8, 4) is 0 Å². The highest BCUT2D eigenvalue weighted by Crippen LogP contribution is 2.22. The second-order valence-corrected chi connectivity index (χ2v) is 4.57. The minimum atomic E-state index is -0.0221. The molecule has 0 fully saturated rings. The first-order valence-corrected chi connectivity index (χ1v) is 6.32. The van der Waals surface area contributed by atoms with Crippen molar-refractivity contribution in [3.05, 3.63) is 16.5 Å². The first-order valence-electron chi connectivity index (χ1n) is 5.94. The van der Waals surface area contributed by atoms with Crippen LogP contribution < -0.4 is 10.2 Å². The van der Waals surface area contributed by atoms with Gasteiger partial charge in [-0.3, -0.25) is 4.79 Å². The molecule has 0 radical (unpaired) electrons. The van der Waals surface area contributed by atoms with E-state index in [0.717, 1.165) is 12.0 Å². The van der Waals surface area contributed by atoms with E-state index in [0.29, 0.717) is 23.3 Å². The zero-order valence-electron chi connectivity index (χ0n) is 11.2. The maximum atomic E-state index is 11.6. The van der Waals surface area contributed by atoms with E-state index in [1.54, 1.807) is 11.8 Å². The Hall–Kier alpha value is -1.36. The van der Waals surface area contributed by atoms with Crippen LogP contribution in [0.1, 0.15) is 24.7 Å². The highest BCUT2D eigenvalue weighted by Gasteiger charge is 2.14. The van der Waals surface area contributed by atoms with Crippen LogP contribution in [0.4, 0.5) is 5.82 Å². The van der Waals surface area contributed by atoms with Crippen LogP contribution in [-0.4, -0.2) is 36.0 Å². The number of nitrogens with zero attached hydrogens (tertiary/aromatic N) is 3. The highest BCUT2D eigenvalue weighted by molar-refractivity contribution is 6.30. The van der Waals surface area contributed by atoms with E-state index in [-0.39, 0.29) is 12.5 Å². The Kier molecular flexibility index (Phi) is 5.34. The van der Waals surface area contributed by atoms with Crippen LogP contribution in [0.5, 0.6) is 0 Å². The van der Waals surface area contributed by atoms with Crippen LogP contribution in [0.25, 0.3) is 0 Å². The molecule has 1 aromatic heterocycles. The standard InChI is InChI=1S/C12H19ClN4O/c1-5-6-14-10(18)7-17(4)12-8(2)11(13)15-9(3)16-12/h5-7H2,1-4H3,(H,14,18). The Balaban J connectivity index is 2.78. The van der Waals surface area contributed by atoms with Crippen molar-refractivity contribution >= 4 is 23.3 Å². The van der Waals surface area contributed by atoms with Crippen molar-refractivity contribution in [2.75, 3.05) is 25.0 Å². The largest absolute Gasteiger partial charge is 0.355 e. The van der Waals surface area contributed by atoms with Gasteiger partial charge in [-0.25, -0.2) is 9.97 Å². The number of aromatic nitrogens is 2. The Morgan fingerprint density at radius 2 is 2.06 bits per heavy atom. The normalized spacial score (nSPS) is 10.3. The molecule has 0 spiro atoms. The lowest BCUT2D eigenvalue weighted by atomic mass is 10.3. The molecule has 0 atom stereocenters. The van der Waals surface area contributed by atoms with Gasteiger partial charge in [-0.2, -0.15) is 0 Å². The molecule has 18 heavy (non-hydrogen) atoms. The fourth-order valence-corrected chi connectivity index (χ4v) is 1.77. The van der Waals surface area contributed by atoms with Crippen LogP contribution in [0.2, 0.25) is 5.15 Å². The van der Waals surface area contributed by atoms with Crippen molar-refractivity contribution in [1.29, 1.82) is 0 Å². The highest BCUT2D eigenvalue weighted by atomic mass is 35.5. The van der Waals surface area contributed by atoms with Gasteiger partial charge in [0.15, 0.2) is 0 Å². The third-order valence-corrected chi connectivity index (χ3v) is 2.86. The number of hydrogen-bond donors (Lipinski definition) is 1. The van der Waals surface area contributed by atoms with Crippen LogP contribution in [0.3, 0.4) is 0 Å². The topological polar surface area (TPSA) is 58.1 Å². The van der Waals surface area contributed by atoms with E-state index in [2.05, 4.69) is 15.3 Å². The molecular weight excluding hydrogens is 252 g/mol. The Labute approximate surface area is 113 Å². The summed E-state index contributed by atoms with van der Waals surface area (Å²) in [6, 6.07) is 0. The first-order chi connectivity index (χ1) is 8.45.